The molecule has 2 aliphatic heterocycles. The molecule has 8 bridgehead atoms. The number of aldehydes is 2. The maximum atomic E-state index is 14.1. The number of aromatic amines is 3. The molecule has 0 radical (unpaired) electrons. The zero-order valence-electron chi connectivity index (χ0n) is 35.7. The molecule has 1 aliphatic carbocycles. The van der Waals surface area contributed by atoms with Gasteiger partial charge in [-0.25, -0.2) is 0 Å². The fourth-order valence-corrected chi connectivity index (χ4v) is 9.24. The van der Waals surface area contributed by atoms with E-state index in [1.165, 1.54) is 31.3 Å². The van der Waals surface area contributed by atoms with Crippen molar-refractivity contribution in [3.63, 3.8) is 0 Å². The van der Waals surface area contributed by atoms with E-state index in [4.69, 9.17) is 4.74 Å². The first-order valence-electron chi connectivity index (χ1n) is 21.3. The van der Waals surface area contributed by atoms with Gasteiger partial charge in [0.2, 0.25) is 0 Å². The fourth-order valence-electron chi connectivity index (χ4n) is 9.24. The van der Waals surface area contributed by atoms with Gasteiger partial charge in [0.1, 0.15) is 18.8 Å². The molecular weight excluding hydrogens is 725 g/mol. The SMILES string of the molecule is C=Cc1c2[nH]c(c1C)/C=C1\N/C(=C3\c4[nH]c(c(C)c4C(=O)[C@@H]3C=O)/C=c3\[nH]/c(c(C=O)c3CC)=C\2)[C@@H](CCC(=O)OC/C=C(\C)CCC[C@H](C)CCCC(C)C)[C@@H]1C. The van der Waals surface area contributed by atoms with Gasteiger partial charge in [0.05, 0.1) is 11.0 Å². The first kappa shape index (κ1) is 42.4. The van der Waals surface area contributed by atoms with E-state index in [9.17, 15) is 19.2 Å². The standard InChI is InChI=1S/C49H62N4O5/c1-10-33-30(7)38-22-39-31(8)35(18-19-44(56)58-21-20-29(6)17-13-16-28(5)15-12-14-27(3)4)47(52-39)46-37(26-55)49(57)45-32(9)40(53-48(45)46)23-42-34(11-2)36(25-54)43(51-42)24-41(33)50-38/h10,20,22-28,31,35,37,50-53H,1,11-19,21H2,2-9H3/b29-20+,39-22-,42-23-,43-24-,47-46-/t28-,31+,35+,37-/m1/s1. The highest BCUT2D eigenvalue weighted by atomic mass is 16.5. The average molecular weight is 787 g/mol. The number of ketones is 1. The Hall–Kier alpha value is -5.18. The zero-order valence-corrected chi connectivity index (χ0v) is 35.7. The van der Waals surface area contributed by atoms with E-state index in [0.29, 0.717) is 40.6 Å². The quantitative estimate of drug-likeness (QED) is 0.0468. The molecule has 1 saturated heterocycles. The maximum absolute atomic E-state index is 14.1. The van der Waals surface area contributed by atoms with Gasteiger partial charge >= 0.3 is 5.97 Å². The highest BCUT2D eigenvalue weighted by molar-refractivity contribution is 6.22. The summed E-state index contributed by atoms with van der Waals surface area (Å²) in [5.41, 5.74) is 11.1. The highest BCUT2D eigenvalue weighted by Gasteiger charge is 2.45. The van der Waals surface area contributed by atoms with Crippen molar-refractivity contribution in [2.24, 2.45) is 29.6 Å². The Labute approximate surface area is 343 Å². The van der Waals surface area contributed by atoms with Crippen molar-refractivity contribution in [1.29, 1.82) is 0 Å². The average Bonchev–Trinajstić information content (AvgIpc) is 3.93. The summed E-state index contributed by atoms with van der Waals surface area (Å²) in [7, 11) is 0. The molecule has 5 heterocycles. The summed E-state index contributed by atoms with van der Waals surface area (Å²) in [6, 6.07) is 0. The Kier molecular flexibility index (Phi) is 13.3. The summed E-state index contributed by atoms with van der Waals surface area (Å²) in [5.74, 6) is -0.319. The maximum Gasteiger partial charge on any atom is 0.306 e. The van der Waals surface area contributed by atoms with E-state index < -0.39 is 5.92 Å². The van der Waals surface area contributed by atoms with Gasteiger partial charge in [0.15, 0.2) is 12.1 Å². The number of esters is 1. The molecule has 58 heavy (non-hydrogen) atoms. The topological polar surface area (TPSA) is 137 Å². The number of rotatable bonds is 17. The third kappa shape index (κ3) is 8.50. The summed E-state index contributed by atoms with van der Waals surface area (Å²) in [4.78, 5) is 63.2. The summed E-state index contributed by atoms with van der Waals surface area (Å²) in [6.07, 6.45) is 19.9. The molecule has 3 aromatic rings. The number of hydrogen-bond acceptors (Lipinski definition) is 6. The van der Waals surface area contributed by atoms with Crippen LogP contribution in [0.2, 0.25) is 0 Å². The lowest BCUT2D eigenvalue weighted by atomic mass is 9.85. The number of carbonyl (C=O) groups is 4. The first-order valence-corrected chi connectivity index (χ1v) is 21.3. The van der Waals surface area contributed by atoms with Crippen molar-refractivity contribution >= 4 is 54.2 Å². The second kappa shape index (κ2) is 18.2. The Balaban J connectivity index is 1.32. The Morgan fingerprint density at radius 1 is 0.914 bits per heavy atom. The normalized spacial score (nSPS) is 22.4. The predicted octanol–water partition coefficient (Wildman–Crippen LogP) is 8.80. The molecule has 9 nitrogen and oxygen atoms in total. The van der Waals surface area contributed by atoms with E-state index in [-0.39, 0.29) is 36.6 Å². The van der Waals surface area contributed by atoms with E-state index in [2.05, 4.69) is 67.5 Å². The van der Waals surface area contributed by atoms with E-state index in [1.807, 2.05) is 45.1 Å². The molecular formula is C49H62N4O5. The number of aromatic nitrogens is 3. The molecule has 4 N–H and O–H groups in total. The number of ether oxygens (including phenoxy) is 1. The van der Waals surface area contributed by atoms with Crippen LogP contribution < -0.4 is 16.0 Å². The number of allylic oxidation sites excluding steroid dienone is 4. The van der Waals surface area contributed by atoms with Crippen LogP contribution in [0.5, 0.6) is 0 Å². The Morgan fingerprint density at radius 3 is 2.33 bits per heavy atom. The number of carbonyl (C=O) groups excluding carboxylic acids is 4. The molecule has 0 unspecified atom stereocenters. The lowest BCUT2D eigenvalue weighted by molar-refractivity contribution is -0.142. The number of fused-ring (bicyclic) bond motifs is 7. The number of nitrogens with one attached hydrogen (secondary N) is 4. The molecule has 0 amide bonds. The van der Waals surface area contributed by atoms with Crippen molar-refractivity contribution in [3.05, 3.63) is 96.5 Å². The minimum absolute atomic E-state index is 0.0870. The number of hydrogen-bond donors (Lipinski definition) is 4. The van der Waals surface area contributed by atoms with Crippen LogP contribution in [0.25, 0.3) is 29.9 Å². The molecule has 3 aromatic heterocycles. The minimum Gasteiger partial charge on any atom is -0.461 e. The molecule has 6 rings (SSSR count). The van der Waals surface area contributed by atoms with Gasteiger partial charge in [0, 0.05) is 74.3 Å². The van der Waals surface area contributed by atoms with Gasteiger partial charge in [-0.1, -0.05) is 78.5 Å². The van der Waals surface area contributed by atoms with Gasteiger partial charge in [-0.15, -0.1) is 0 Å². The first-order chi connectivity index (χ1) is 27.8. The number of Topliss-reactive ketones (excluding diaryl/α,β-unsaturated/α-hetero) is 1. The van der Waals surface area contributed by atoms with Crippen molar-refractivity contribution in [2.45, 2.75) is 113 Å². The van der Waals surface area contributed by atoms with Gasteiger partial charge in [-0.05, 0) is 99.3 Å². The van der Waals surface area contributed by atoms with Crippen molar-refractivity contribution < 1.29 is 23.9 Å². The van der Waals surface area contributed by atoms with Crippen molar-refractivity contribution in [3.8, 4) is 0 Å². The molecule has 0 spiro atoms. The summed E-state index contributed by atoms with van der Waals surface area (Å²) >= 11 is 0. The third-order valence-electron chi connectivity index (χ3n) is 12.8. The largest absolute Gasteiger partial charge is 0.461 e. The zero-order chi connectivity index (χ0) is 41.8. The van der Waals surface area contributed by atoms with Crippen LogP contribution >= 0.6 is 0 Å². The molecule has 0 saturated carbocycles. The second-order valence-electron chi connectivity index (χ2n) is 17.2. The molecule has 3 aliphatic rings. The van der Waals surface area contributed by atoms with Crippen molar-refractivity contribution in [2.75, 3.05) is 6.61 Å². The van der Waals surface area contributed by atoms with Crippen LogP contribution in [0.15, 0.2) is 29.6 Å². The highest BCUT2D eigenvalue weighted by Crippen LogP contribution is 2.47. The summed E-state index contributed by atoms with van der Waals surface area (Å²) < 4.78 is 5.73. The summed E-state index contributed by atoms with van der Waals surface area (Å²) in [5, 5.41) is 5.10. The van der Waals surface area contributed by atoms with Crippen LogP contribution in [0.1, 0.15) is 159 Å². The second-order valence-corrected chi connectivity index (χ2v) is 17.2. The predicted molar refractivity (Wildman–Crippen MR) is 233 cm³/mol. The fraction of sp³-hybridized carbons (Fsp3) is 0.469. The van der Waals surface area contributed by atoms with E-state index >= 15 is 0 Å². The Bertz CT molecular complexity index is 2320. The smallest absolute Gasteiger partial charge is 0.306 e. The third-order valence-corrected chi connectivity index (χ3v) is 12.8. The number of H-pyrrole nitrogens is 3. The van der Waals surface area contributed by atoms with Crippen LogP contribution in [0.3, 0.4) is 0 Å². The van der Waals surface area contributed by atoms with Gasteiger partial charge in [-0.2, -0.15) is 0 Å². The van der Waals surface area contributed by atoms with Crippen LogP contribution in [0, 0.1) is 43.4 Å². The molecule has 1 fully saturated rings. The lowest BCUT2D eigenvalue weighted by Gasteiger charge is -2.18. The monoisotopic (exact) mass is 786 g/mol. The van der Waals surface area contributed by atoms with Gasteiger partial charge in [-0.3, -0.25) is 14.4 Å². The van der Waals surface area contributed by atoms with Gasteiger partial charge < -0.3 is 29.8 Å². The lowest BCUT2D eigenvalue weighted by Crippen LogP contribution is -2.18. The van der Waals surface area contributed by atoms with Crippen molar-refractivity contribution in [1.82, 2.24) is 20.3 Å². The minimum atomic E-state index is -0.988. The molecule has 4 atom stereocenters. The molecule has 9 heteroatoms. The van der Waals surface area contributed by atoms with E-state index in [1.54, 1.807) is 0 Å². The van der Waals surface area contributed by atoms with Gasteiger partial charge in [0.25, 0.3) is 0 Å². The Morgan fingerprint density at radius 2 is 1.64 bits per heavy atom. The molecule has 0 aromatic carbocycles. The summed E-state index contributed by atoms with van der Waals surface area (Å²) in [6.45, 7) is 21.4. The van der Waals surface area contributed by atoms with Crippen LogP contribution in [-0.4, -0.2) is 45.9 Å². The molecule has 308 valence electrons. The van der Waals surface area contributed by atoms with Crippen LogP contribution in [0.4, 0.5) is 0 Å². The van der Waals surface area contributed by atoms with E-state index in [0.717, 1.165) is 93.3 Å². The van der Waals surface area contributed by atoms with Crippen LogP contribution in [-0.2, 0) is 20.7 Å².